The molecule has 8 nitrogen and oxygen atoms in total. The van der Waals surface area contributed by atoms with E-state index in [1.807, 2.05) is 44.2 Å². The molecule has 1 fully saturated rings. The fourth-order valence-corrected chi connectivity index (χ4v) is 3.45. The summed E-state index contributed by atoms with van der Waals surface area (Å²) < 4.78 is 10.7. The Morgan fingerprint density at radius 2 is 1.88 bits per heavy atom. The fraction of sp³-hybridized carbons (Fsp3) is 0.250. The molecular weight excluding hydrogens is 406 g/mol. The third kappa shape index (κ3) is 4.39. The van der Waals surface area contributed by atoms with E-state index in [0.717, 1.165) is 27.7 Å². The van der Waals surface area contributed by atoms with Gasteiger partial charge in [0.1, 0.15) is 18.0 Å². The maximum absolute atomic E-state index is 11.8. The number of furan rings is 1. The van der Waals surface area contributed by atoms with Crippen LogP contribution in [0.2, 0.25) is 0 Å². The van der Waals surface area contributed by atoms with Crippen LogP contribution in [0, 0.1) is 6.92 Å². The van der Waals surface area contributed by atoms with Crippen LogP contribution >= 0.6 is 0 Å². The molecule has 1 saturated heterocycles. The maximum Gasteiger partial charge on any atom is 0.416 e. The second kappa shape index (κ2) is 9.47. The number of carbonyl (C=O) groups is 1. The summed E-state index contributed by atoms with van der Waals surface area (Å²) in [6.45, 7) is 7.03. The Hall–Kier alpha value is -3.94. The molecule has 0 atom stereocenters. The topological polar surface area (TPSA) is 93.4 Å². The van der Waals surface area contributed by atoms with E-state index in [-0.39, 0.29) is 0 Å². The molecule has 164 valence electrons. The van der Waals surface area contributed by atoms with Crippen LogP contribution in [0.1, 0.15) is 25.2 Å². The van der Waals surface area contributed by atoms with E-state index in [4.69, 9.17) is 9.15 Å². The Bertz CT molecular complexity index is 1220. The Morgan fingerprint density at radius 3 is 2.62 bits per heavy atom. The first-order valence-electron chi connectivity index (χ1n) is 10.6. The van der Waals surface area contributed by atoms with E-state index >= 15 is 0 Å². The predicted molar refractivity (Wildman–Crippen MR) is 124 cm³/mol. The van der Waals surface area contributed by atoms with Crippen LogP contribution in [0.5, 0.6) is 0 Å². The lowest BCUT2D eigenvalue weighted by molar-refractivity contribution is 0.181. The van der Waals surface area contributed by atoms with Gasteiger partial charge in [0.15, 0.2) is 0 Å². The molecule has 5 rings (SSSR count). The first kappa shape index (κ1) is 21.3. The highest BCUT2D eigenvalue weighted by atomic mass is 16.6. The van der Waals surface area contributed by atoms with Crippen LogP contribution in [0.4, 0.5) is 16.7 Å². The molecule has 8 heteroatoms. The highest BCUT2D eigenvalue weighted by Crippen LogP contribution is 2.31. The molecule has 1 aliphatic rings. The van der Waals surface area contributed by atoms with Crippen molar-refractivity contribution in [3.05, 3.63) is 66.2 Å². The molecule has 1 aliphatic heterocycles. The smallest absolute Gasteiger partial charge is 0.416 e. The zero-order valence-electron chi connectivity index (χ0n) is 18.3. The number of fused-ring (bicyclic) bond motifs is 1. The second-order valence-corrected chi connectivity index (χ2v) is 6.97. The van der Waals surface area contributed by atoms with Gasteiger partial charge >= 0.3 is 6.09 Å². The van der Waals surface area contributed by atoms with E-state index < -0.39 is 6.09 Å². The van der Waals surface area contributed by atoms with E-state index in [1.54, 1.807) is 13.2 Å². The third-order valence-electron chi connectivity index (χ3n) is 4.91. The van der Waals surface area contributed by atoms with Gasteiger partial charge in [-0.2, -0.15) is 15.0 Å². The number of ether oxygens (including phenoxy) is 1. The number of amides is 1. The summed E-state index contributed by atoms with van der Waals surface area (Å²) in [5.41, 5.74) is 4.04. The van der Waals surface area contributed by atoms with Crippen molar-refractivity contribution in [2.45, 2.75) is 27.3 Å². The quantitative estimate of drug-likeness (QED) is 0.465. The minimum Gasteiger partial charge on any atom is -0.464 e. The van der Waals surface area contributed by atoms with Crippen molar-refractivity contribution in [3.63, 3.8) is 0 Å². The molecule has 0 unspecified atom stereocenters. The maximum atomic E-state index is 11.8. The van der Waals surface area contributed by atoms with Crippen molar-refractivity contribution < 1.29 is 13.9 Å². The fourth-order valence-electron chi connectivity index (χ4n) is 3.45. The van der Waals surface area contributed by atoms with Crippen LogP contribution in [0.25, 0.3) is 22.1 Å². The summed E-state index contributed by atoms with van der Waals surface area (Å²) in [6, 6.07) is 16.3. The van der Waals surface area contributed by atoms with Crippen molar-refractivity contribution in [1.29, 1.82) is 0 Å². The Morgan fingerprint density at radius 1 is 1.06 bits per heavy atom. The molecule has 1 amide bonds. The van der Waals surface area contributed by atoms with Crippen molar-refractivity contribution in [2.24, 2.45) is 0 Å². The molecule has 0 aliphatic carbocycles. The molecule has 4 aromatic rings. The number of benzene rings is 2. The van der Waals surface area contributed by atoms with E-state index in [0.29, 0.717) is 37.4 Å². The highest BCUT2D eigenvalue weighted by Gasteiger charge is 2.26. The number of aryl methyl sites for hydroxylation is 1. The minimum atomic E-state index is -0.441. The zero-order valence-corrected chi connectivity index (χ0v) is 18.3. The molecule has 1 N–H and O–H groups in total. The van der Waals surface area contributed by atoms with Gasteiger partial charge in [0.2, 0.25) is 11.9 Å². The van der Waals surface area contributed by atoms with Gasteiger partial charge in [-0.05, 0) is 24.1 Å². The monoisotopic (exact) mass is 431 g/mol. The van der Waals surface area contributed by atoms with E-state index in [2.05, 4.69) is 38.5 Å². The number of nitrogens with zero attached hydrogens (tertiary/aromatic N) is 4. The summed E-state index contributed by atoms with van der Waals surface area (Å²) >= 11 is 0. The van der Waals surface area contributed by atoms with Gasteiger partial charge in [-0.3, -0.25) is 0 Å². The van der Waals surface area contributed by atoms with Gasteiger partial charge in [-0.25, -0.2) is 9.69 Å². The lowest BCUT2D eigenvalue weighted by atomic mass is 10.0. The van der Waals surface area contributed by atoms with Crippen molar-refractivity contribution in [3.8, 4) is 11.1 Å². The average Bonchev–Trinajstić information content (AvgIpc) is 3.45. The summed E-state index contributed by atoms with van der Waals surface area (Å²) in [5, 5.41) is 4.27. The van der Waals surface area contributed by atoms with Gasteiger partial charge < -0.3 is 14.5 Å². The first-order chi connectivity index (χ1) is 15.7. The molecule has 0 spiro atoms. The first-order valence-corrected chi connectivity index (χ1v) is 10.6. The number of aromatic nitrogens is 3. The van der Waals surface area contributed by atoms with Crippen LogP contribution in [-0.4, -0.2) is 34.2 Å². The van der Waals surface area contributed by atoms with Gasteiger partial charge in [-0.1, -0.05) is 56.3 Å². The lowest BCUT2D eigenvalue weighted by Crippen LogP contribution is -2.26. The third-order valence-corrected chi connectivity index (χ3v) is 4.91. The largest absolute Gasteiger partial charge is 0.464 e. The van der Waals surface area contributed by atoms with Crippen molar-refractivity contribution in [2.75, 3.05) is 23.4 Å². The number of carbonyl (C=O) groups excluding carboxylic acids is 1. The molecule has 2 aromatic heterocycles. The zero-order chi connectivity index (χ0) is 22.5. The molecular formula is C24H25N5O3. The second-order valence-electron chi connectivity index (χ2n) is 6.97. The number of hydrogen-bond donors (Lipinski definition) is 1. The highest BCUT2D eigenvalue weighted by molar-refractivity contribution is 5.94. The Kier molecular flexibility index (Phi) is 6.30. The van der Waals surface area contributed by atoms with Crippen LogP contribution in [0.15, 0.2) is 59.2 Å². The van der Waals surface area contributed by atoms with Crippen LogP contribution in [0.3, 0.4) is 0 Å². The minimum absolute atomic E-state index is 0.293. The van der Waals surface area contributed by atoms with Crippen LogP contribution < -0.4 is 10.2 Å². The summed E-state index contributed by atoms with van der Waals surface area (Å²) in [7, 11) is 0. The van der Waals surface area contributed by atoms with Crippen molar-refractivity contribution >= 4 is 29.0 Å². The van der Waals surface area contributed by atoms with Crippen molar-refractivity contribution in [1.82, 2.24) is 15.0 Å². The number of hydrogen-bond acceptors (Lipinski definition) is 7. The lowest BCUT2D eigenvalue weighted by Gasteiger charge is -2.12. The molecule has 2 aromatic carbocycles. The summed E-state index contributed by atoms with van der Waals surface area (Å²) in [6.07, 6.45) is 1.34. The van der Waals surface area contributed by atoms with Crippen LogP contribution in [-0.2, 0) is 11.3 Å². The van der Waals surface area contributed by atoms with E-state index in [1.165, 1.54) is 4.90 Å². The van der Waals surface area contributed by atoms with Gasteiger partial charge in [0.25, 0.3) is 0 Å². The molecule has 0 bridgehead atoms. The molecule has 0 radical (unpaired) electrons. The van der Waals surface area contributed by atoms with E-state index in [9.17, 15) is 4.79 Å². The summed E-state index contributed by atoms with van der Waals surface area (Å²) in [5.74, 6) is 1.22. The van der Waals surface area contributed by atoms with Gasteiger partial charge in [-0.15, -0.1) is 0 Å². The standard InChI is InChI=1S/C22H19N5O3.C2H6/c1-14-24-20(26-21(25-14)27-9-10-29-22(27)28)23-12-15-7-8-17-18(13-30-19(17)11-15)16-5-3-2-4-6-16;1-2/h2-8,11,13H,9-10,12H2,1H3,(H,23,24,25,26);1-2H3. The number of anilines is 2. The summed E-state index contributed by atoms with van der Waals surface area (Å²) in [4.78, 5) is 26.1. The molecule has 0 saturated carbocycles. The number of cyclic esters (lactones) is 1. The normalized spacial score (nSPS) is 13.0. The Labute approximate surface area is 186 Å². The number of rotatable bonds is 5. The number of nitrogens with one attached hydrogen (secondary N) is 1. The predicted octanol–water partition coefficient (Wildman–Crippen LogP) is 5.19. The molecule has 32 heavy (non-hydrogen) atoms. The average molecular weight is 431 g/mol. The van der Waals surface area contributed by atoms with Gasteiger partial charge in [0, 0.05) is 17.5 Å². The molecule has 3 heterocycles. The Balaban J connectivity index is 0.00000119. The van der Waals surface area contributed by atoms with Gasteiger partial charge in [0.05, 0.1) is 12.8 Å². The SMILES string of the molecule is CC.Cc1nc(NCc2ccc3c(-c4ccccc4)coc3c2)nc(N2CCOC2=O)n1.